The van der Waals surface area contributed by atoms with Gasteiger partial charge in [-0.3, -0.25) is 0 Å². The molecule has 3 nitrogen and oxygen atoms in total. The molecule has 1 aromatic rings. The first kappa shape index (κ1) is 14.4. The number of halogens is 1. The first-order valence-electron chi connectivity index (χ1n) is 6.75. The highest BCUT2D eigenvalue weighted by molar-refractivity contribution is 9.10. The molecule has 0 aromatic heterocycles. The smallest absolute Gasteiger partial charge is 0.0643 e. The van der Waals surface area contributed by atoms with Gasteiger partial charge in [0.25, 0.3) is 0 Å². The molecule has 2 atom stereocenters. The van der Waals surface area contributed by atoms with Crippen LogP contribution in [-0.2, 0) is 0 Å². The maximum atomic E-state index is 9.03. The first-order valence-corrected chi connectivity index (χ1v) is 7.54. The average molecular weight is 322 g/mol. The van der Waals surface area contributed by atoms with Crippen molar-refractivity contribution >= 4 is 21.6 Å². The second-order valence-electron chi connectivity index (χ2n) is 5.24. The van der Waals surface area contributed by atoms with Crippen LogP contribution in [0, 0.1) is 18.3 Å². The number of aryl methyl sites for hydroxylation is 1. The van der Waals surface area contributed by atoms with Gasteiger partial charge in [-0.15, -0.1) is 0 Å². The van der Waals surface area contributed by atoms with Crippen LogP contribution in [0.2, 0.25) is 0 Å². The van der Waals surface area contributed by atoms with Crippen LogP contribution < -0.4 is 10.2 Å². The molecule has 1 aliphatic rings. The van der Waals surface area contributed by atoms with Crippen molar-refractivity contribution in [2.45, 2.75) is 38.8 Å². The van der Waals surface area contributed by atoms with Crippen molar-refractivity contribution in [1.82, 2.24) is 5.32 Å². The van der Waals surface area contributed by atoms with E-state index in [1.54, 1.807) is 0 Å². The molecule has 1 aliphatic heterocycles. The summed E-state index contributed by atoms with van der Waals surface area (Å²) in [5.41, 5.74) is 2.44. The summed E-state index contributed by atoms with van der Waals surface area (Å²) in [5, 5.41) is 12.5. The predicted molar refractivity (Wildman–Crippen MR) is 82.3 cm³/mol. The molecular weight excluding hydrogens is 302 g/mol. The molecule has 102 valence electrons. The van der Waals surface area contributed by atoms with Gasteiger partial charge in [-0.25, -0.2) is 0 Å². The molecule has 0 radical (unpaired) electrons. The van der Waals surface area contributed by atoms with E-state index in [4.69, 9.17) is 5.26 Å². The molecule has 4 heteroatoms. The van der Waals surface area contributed by atoms with Crippen LogP contribution >= 0.6 is 15.9 Å². The summed E-state index contributed by atoms with van der Waals surface area (Å²) in [7, 11) is 0. The van der Waals surface area contributed by atoms with Gasteiger partial charge >= 0.3 is 0 Å². The second-order valence-corrected chi connectivity index (χ2v) is 6.10. The molecule has 1 heterocycles. The lowest BCUT2D eigenvalue weighted by Gasteiger charge is -2.30. The molecule has 19 heavy (non-hydrogen) atoms. The molecule has 0 saturated carbocycles. The van der Waals surface area contributed by atoms with Crippen molar-refractivity contribution in [3.8, 4) is 6.07 Å². The van der Waals surface area contributed by atoms with Gasteiger partial charge in [0.15, 0.2) is 0 Å². The zero-order valence-corrected chi connectivity index (χ0v) is 13.1. The van der Waals surface area contributed by atoms with E-state index in [1.165, 1.54) is 11.3 Å². The lowest BCUT2D eigenvalue weighted by atomic mass is 10.1. The monoisotopic (exact) mass is 321 g/mol. The number of rotatable bonds is 2. The van der Waals surface area contributed by atoms with Crippen LogP contribution in [0.4, 0.5) is 5.69 Å². The fourth-order valence-corrected chi connectivity index (χ4v) is 2.82. The molecule has 0 spiro atoms. The van der Waals surface area contributed by atoms with Crippen molar-refractivity contribution in [3.63, 3.8) is 0 Å². The lowest BCUT2D eigenvalue weighted by molar-refractivity contribution is 0.538. The Hall–Kier alpha value is -1.05. The van der Waals surface area contributed by atoms with Gasteiger partial charge in [0.1, 0.15) is 0 Å². The van der Waals surface area contributed by atoms with Gasteiger partial charge in [-0.1, -0.05) is 22.0 Å². The standard InChI is InChI=1S/C15H20BrN3/c1-11-3-4-13(9-15(11)16)19-8-6-12(2)18-10-14(19)5-7-17/h3-4,9,12,14,18H,5-6,8,10H2,1-2H3. The van der Waals surface area contributed by atoms with E-state index in [9.17, 15) is 0 Å². The van der Waals surface area contributed by atoms with Crippen LogP contribution in [0.3, 0.4) is 0 Å². The van der Waals surface area contributed by atoms with Crippen molar-refractivity contribution in [2.75, 3.05) is 18.0 Å². The minimum atomic E-state index is 0.254. The molecule has 1 saturated heterocycles. The topological polar surface area (TPSA) is 39.1 Å². The van der Waals surface area contributed by atoms with E-state index in [0.717, 1.165) is 24.0 Å². The van der Waals surface area contributed by atoms with Crippen molar-refractivity contribution in [3.05, 3.63) is 28.2 Å². The van der Waals surface area contributed by atoms with Crippen molar-refractivity contribution < 1.29 is 0 Å². The second kappa shape index (κ2) is 6.40. The Balaban J connectivity index is 2.26. The summed E-state index contributed by atoms with van der Waals surface area (Å²) in [6, 6.07) is 9.53. The molecule has 0 aliphatic carbocycles. The number of nitrogens with zero attached hydrogens (tertiary/aromatic N) is 2. The summed E-state index contributed by atoms with van der Waals surface area (Å²) >= 11 is 3.60. The van der Waals surface area contributed by atoms with E-state index in [1.807, 2.05) is 0 Å². The summed E-state index contributed by atoms with van der Waals surface area (Å²) in [4.78, 5) is 2.37. The third kappa shape index (κ3) is 3.49. The van der Waals surface area contributed by atoms with E-state index in [-0.39, 0.29) is 6.04 Å². The van der Waals surface area contributed by atoms with E-state index in [2.05, 4.69) is 64.3 Å². The van der Waals surface area contributed by atoms with Gasteiger partial charge in [-0.2, -0.15) is 5.26 Å². The Bertz CT molecular complexity index is 481. The zero-order chi connectivity index (χ0) is 13.8. The molecule has 2 unspecified atom stereocenters. The lowest BCUT2D eigenvalue weighted by Crippen LogP contribution is -2.40. The zero-order valence-electron chi connectivity index (χ0n) is 11.5. The Morgan fingerprint density at radius 3 is 3.00 bits per heavy atom. The fraction of sp³-hybridized carbons (Fsp3) is 0.533. The Morgan fingerprint density at radius 2 is 2.32 bits per heavy atom. The third-order valence-corrected chi connectivity index (χ3v) is 4.61. The largest absolute Gasteiger partial charge is 0.366 e. The minimum Gasteiger partial charge on any atom is -0.366 e. The molecule has 1 aromatic carbocycles. The summed E-state index contributed by atoms with van der Waals surface area (Å²) < 4.78 is 1.13. The number of nitriles is 1. The van der Waals surface area contributed by atoms with Gasteiger partial charge in [0.2, 0.25) is 0 Å². The molecule has 2 rings (SSSR count). The highest BCUT2D eigenvalue weighted by Gasteiger charge is 2.23. The van der Waals surface area contributed by atoms with Gasteiger partial charge in [-0.05, 0) is 38.0 Å². The quantitative estimate of drug-likeness (QED) is 0.909. The molecule has 1 N–H and O–H groups in total. The van der Waals surface area contributed by atoms with Gasteiger partial charge < -0.3 is 10.2 Å². The van der Waals surface area contributed by atoms with E-state index < -0.39 is 0 Å². The normalized spacial score (nSPS) is 23.8. The number of hydrogen-bond donors (Lipinski definition) is 1. The number of benzene rings is 1. The maximum absolute atomic E-state index is 9.03. The fourth-order valence-electron chi connectivity index (χ4n) is 2.45. The van der Waals surface area contributed by atoms with Crippen LogP contribution in [0.1, 0.15) is 25.3 Å². The highest BCUT2D eigenvalue weighted by Crippen LogP contribution is 2.26. The average Bonchev–Trinajstić information content (AvgIpc) is 2.56. The van der Waals surface area contributed by atoms with Gasteiger partial charge in [0.05, 0.1) is 18.5 Å². The van der Waals surface area contributed by atoms with Crippen molar-refractivity contribution in [2.24, 2.45) is 0 Å². The summed E-state index contributed by atoms with van der Waals surface area (Å²) in [5.74, 6) is 0. The Labute approximate surface area is 123 Å². The Morgan fingerprint density at radius 1 is 1.53 bits per heavy atom. The van der Waals surface area contributed by atoms with Crippen molar-refractivity contribution in [1.29, 1.82) is 5.26 Å². The molecule has 0 amide bonds. The first-order chi connectivity index (χ1) is 9.11. The van der Waals surface area contributed by atoms with E-state index in [0.29, 0.717) is 12.5 Å². The van der Waals surface area contributed by atoms with Gasteiger partial charge in [0, 0.05) is 29.3 Å². The molecular formula is C15H20BrN3. The minimum absolute atomic E-state index is 0.254. The molecule has 1 fully saturated rings. The summed E-state index contributed by atoms with van der Waals surface area (Å²) in [6.45, 7) is 6.17. The Kier molecular flexibility index (Phi) is 4.84. The third-order valence-electron chi connectivity index (χ3n) is 3.76. The summed E-state index contributed by atoms with van der Waals surface area (Å²) in [6.07, 6.45) is 1.67. The number of nitrogens with one attached hydrogen (secondary N) is 1. The van der Waals surface area contributed by atoms with Crippen LogP contribution in [-0.4, -0.2) is 25.2 Å². The van der Waals surface area contributed by atoms with Crippen LogP contribution in [0.15, 0.2) is 22.7 Å². The predicted octanol–water partition coefficient (Wildman–Crippen LogP) is 3.23. The van der Waals surface area contributed by atoms with E-state index >= 15 is 0 Å². The number of anilines is 1. The van der Waals surface area contributed by atoms with Crippen LogP contribution in [0.5, 0.6) is 0 Å². The molecule has 0 bridgehead atoms. The number of hydrogen-bond acceptors (Lipinski definition) is 3. The SMILES string of the molecule is Cc1ccc(N2CCC(C)NCC2CC#N)cc1Br. The van der Waals surface area contributed by atoms with Crippen LogP contribution in [0.25, 0.3) is 0 Å². The highest BCUT2D eigenvalue weighted by atomic mass is 79.9. The maximum Gasteiger partial charge on any atom is 0.0643 e.